The highest BCUT2D eigenvalue weighted by atomic mass is 19.1. The predicted molar refractivity (Wildman–Crippen MR) is 55.3 cm³/mol. The number of benzene rings is 1. The van der Waals surface area contributed by atoms with Crippen molar-refractivity contribution in [1.82, 2.24) is 5.32 Å². The summed E-state index contributed by atoms with van der Waals surface area (Å²) in [5.74, 6) is -0.0106. The van der Waals surface area contributed by atoms with Crippen LogP contribution in [-0.4, -0.2) is 17.8 Å². The minimum Gasteiger partial charge on any atom is -0.309 e. The molecule has 1 aromatic rings. The Bertz CT molecular complexity index is 434. The Morgan fingerprint density at radius 2 is 2.13 bits per heavy atom. The Hall–Kier alpha value is -1.71. The topological polar surface area (TPSA) is 41.5 Å². The molecule has 3 nitrogen and oxygen atoms in total. The summed E-state index contributed by atoms with van der Waals surface area (Å²) in [4.78, 5) is 15.3. The van der Waals surface area contributed by atoms with Crippen molar-refractivity contribution in [2.45, 2.75) is 19.9 Å². The van der Waals surface area contributed by atoms with Gasteiger partial charge in [0.15, 0.2) is 0 Å². The van der Waals surface area contributed by atoms with Crippen LogP contribution in [0.15, 0.2) is 23.2 Å². The number of carbonyl (C=O) groups excluding carboxylic acids is 1. The average Bonchev–Trinajstić information content (AvgIpc) is 2.45. The van der Waals surface area contributed by atoms with Crippen molar-refractivity contribution < 1.29 is 9.18 Å². The Morgan fingerprint density at radius 3 is 2.67 bits per heavy atom. The number of amides is 1. The van der Waals surface area contributed by atoms with Gasteiger partial charge in [0.05, 0.1) is 0 Å². The highest BCUT2D eigenvalue weighted by molar-refractivity contribution is 6.13. The van der Waals surface area contributed by atoms with E-state index < -0.39 is 0 Å². The normalized spacial score (nSPS) is 20.1. The van der Waals surface area contributed by atoms with E-state index in [4.69, 9.17) is 0 Å². The lowest BCUT2D eigenvalue weighted by molar-refractivity contribution is -0.119. The van der Waals surface area contributed by atoms with Gasteiger partial charge < -0.3 is 5.32 Å². The van der Waals surface area contributed by atoms with Gasteiger partial charge in [-0.25, -0.2) is 4.39 Å². The van der Waals surface area contributed by atoms with Crippen LogP contribution in [0.25, 0.3) is 0 Å². The number of amidine groups is 1. The van der Waals surface area contributed by atoms with E-state index in [0.717, 1.165) is 5.56 Å². The fraction of sp³-hybridized carbons (Fsp3) is 0.273. The molecule has 0 bridgehead atoms. The summed E-state index contributed by atoms with van der Waals surface area (Å²) >= 11 is 0. The maximum atomic E-state index is 13.1. The number of nitrogens with zero attached hydrogens (tertiary/aromatic N) is 1. The van der Waals surface area contributed by atoms with Crippen LogP contribution in [0.1, 0.15) is 18.1 Å². The van der Waals surface area contributed by atoms with Crippen molar-refractivity contribution in [2.75, 3.05) is 0 Å². The Labute approximate surface area is 87.0 Å². The zero-order valence-electron chi connectivity index (χ0n) is 8.54. The molecular formula is C11H11FN2O. The van der Waals surface area contributed by atoms with Crippen LogP contribution in [0.5, 0.6) is 0 Å². The molecule has 0 saturated heterocycles. The van der Waals surface area contributed by atoms with Crippen LogP contribution in [0.3, 0.4) is 0 Å². The highest BCUT2D eigenvalue weighted by Gasteiger charge is 2.22. The van der Waals surface area contributed by atoms with Gasteiger partial charge >= 0.3 is 0 Å². The molecule has 0 radical (unpaired) electrons. The lowest BCUT2D eigenvalue weighted by Gasteiger charge is -2.02. The summed E-state index contributed by atoms with van der Waals surface area (Å²) in [6, 6.07) is 4.21. The van der Waals surface area contributed by atoms with Gasteiger partial charge in [0.1, 0.15) is 17.7 Å². The summed E-state index contributed by atoms with van der Waals surface area (Å²) in [6.07, 6.45) is 0. The molecule has 0 aromatic heterocycles. The van der Waals surface area contributed by atoms with Gasteiger partial charge in [-0.15, -0.1) is 0 Å². The third-order valence-corrected chi connectivity index (χ3v) is 2.26. The van der Waals surface area contributed by atoms with E-state index in [1.807, 2.05) is 0 Å². The number of hydrogen-bond acceptors (Lipinski definition) is 2. The monoisotopic (exact) mass is 206 g/mol. The third-order valence-electron chi connectivity index (χ3n) is 2.26. The standard InChI is InChI=1S/C11H11FN2O/c1-6-3-8(5-9(12)4-6)10-13-7(2)11(15)14-10/h3-5,7H,1-2H3,(H,13,14,15). The summed E-state index contributed by atoms with van der Waals surface area (Å²) in [7, 11) is 0. The summed E-state index contributed by atoms with van der Waals surface area (Å²) < 4.78 is 13.1. The lowest BCUT2D eigenvalue weighted by atomic mass is 10.1. The number of rotatable bonds is 1. The van der Waals surface area contributed by atoms with Gasteiger partial charge in [0, 0.05) is 5.56 Å². The van der Waals surface area contributed by atoms with Crippen molar-refractivity contribution in [1.29, 1.82) is 0 Å². The van der Waals surface area contributed by atoms with Crippen LogP contribution in [0.2, 0.25) is 0 Å². The maximum absolute atomic E-state index is 13.1. The number of hydrogen-bond donors (Lipinski definition) is 1. The van der Waals surface area contributed by atoms with Crippen molar-refractivity contribution in [2.24, 2.45) is 4.99 Å². The first-order valence-corrected chi connectivity index (χ1v) is 4.72. The molecular weight excluding hydrogens is 195 g/mol. The third kappa shape index (κ3) is 1.88. The molecule has 1 heterocycles. The lowest BCUT2D eigenvalue weighted by Crippen LogP contribution is -2.28. The molecule has 1 unspecified atom stereocenters. The molecule has 1 aliphatic heterocycles. The summed E-state index contributed by atoms with van der Waals surface area (Å²) in [5.41, 5.74) is 1.42. The van der Waals surface area contributed by atoms with Crippen molar-refractivity contribution in [3.8, 4) is 0 Å². The van der Waals surface area contributed by atoms with Crippen LogP contribution in [-0.2, 0) is 4.79 Å². The highest BCUT2D eigenvalue weighted by Crippen LogP contribution is 2.12. The van der Waals surface area contributed by atoms with Crippen molar-refractivity contribution >= 4 is 11.7 Å². The first-order valence-electron chi connectivity index (χ1n) is 4.72. The van der Waals surface area contributed by atoms with Gasteiger partial charge in [0.25, 0.3) is 0 Å². The molecule has 0 saturated carbocycles. The number of nitrogens with one attached hydrogen (secondary N) is 1. The molecule has 1 aromatic carbocycles. The van der Waals surface area contributed by atoms with E-state index in [9.17, 15) is 9.18 Å². The maximum Gasteiger partial charge on any atom is 0.250 e. The Balaban J connectivity index is 2.39. The molecule has 1 N–H and O–H groups in total. The first-order chi connectivity index (χ1) is 7.06. The van der Waals surface area contributed by atoms with Gasteiger partial charge in [-0.1, -0.05) is 0 Å². The summed E-state index contributed by atoms with van der Waals surface area (Å²) in [5, 5.41) is 2.62. The van der Waals surface area contributed by atoms with E-state index in [-0.39, 0.29) is 17.8 Å². The van der Waals surface area contributed by atoms with E-state index in [1.54, 1.807) is 19.9 Å². The van der Waals surface area contributed by atoms with E-state index in [0.29, 0.717) is 11.4 Å². The first kappa shape index (κ1) is 9.83. The second kappa shape index (κ2) is 3.46. The van der Waals surface area contributed by atoms with Gasteiger partial charge in [-0.05, 0) is 37.6 Å². The minimum absolute atomic E-state index is 0.146. The Kier molecular flexibility index (Phi) is 2.26. The Morgan fingerprint density at radius 1 is 1.40 bits per heavy atom. The molecule has 15 heavy (non-hydrogen) atoms. The molecule has 0 aliphatic carbocycles. The van der Waals surface area contributed by atoms with Crippen LogP contribution in [0.4, 0.5) is 4.39 Å². The van der Waals surface area contributed by atoms with Gasteiger partial charge in [0.2, 0.25) is 5.91 Å². The minimum atomic E-state index is -0.386. The SMILES string of the molecule is Cc1cc(F)cc(C2=NC(C)C(=O)N2)c1. The molecule has 78 valence electrons. The van der Waals surface area contributed by atoms with Gasteiger partial charge in [-0.3, -0.25) is 9.79 Å². The number of aliphatic imine (C=N–C) groups is 1. The molecule has 1 atom stereocenters. The van der Waals surface area contributed by atoms with E-state index in [2.05, 4.69) is 10.3 Å². The molecule has 0 fully saturated rings. The molecule has 2 rings (SSSR count). The van der Waals surface area contributed by atoms with Gasteiger partial charge in [-0.2, -0.15) is 0 Å². The zero-order valence-corrected chi connectivity index (χ0v) is 8.54. The fourth-order valence-electron chi connectivity index (χ4n) is 1.53. The van der Waals surface area contributed by atoms with Crippen molar-refractivity contribution in [3.05, 3.63) is 35.1 Å². The van der Waals surface area contributed by atoms with Crippen LogP contribution in [0, 0.1) is 12.7 Å². The van der Waals surface area contributed by atoms with E-state index >= 15 is 0 Å². The van der Waals surface area contributed by atoms with Crippen LogP contribution >= 0.6 is 0 Å². The zero-order chi connectivity index (χ0) is 11.0. The second-order valence-corrected chi connectivity index (χ2v) is 3.66. The number of carbonyl (C=O) groups is 1. The molecule has 0 spiro atoms. The second-order valence-electron chi connectivity index (χ2n) is 3.66. The van der Waals surface area contributed by atoms with E-state index in [1.165, 1.54) is 12.1 Å². The molecule has 1 aliphatic rings. The van der Waals surface area contributed by atoms with Crippen molar-refractivity contribution in [3.63, 3.8) is 0 Å². The fourth-order valence-corrected chi connectivity index (χ4v) is 1.53. The molecule has 4 heteroatoms. The summed E-state index contributed by atoms with van der Waals surface area (Å²) in [6.45, 7) is 3.50. The average molecular weight is 206 g/mol. The quantitative estimate of drug-likeness (QED) is 0.741. The predicted octanol–water partition coefficient (Wildman–Crippen LogP) is 1.40. The number of aryl methyl sites for hydroxylation is 1. The largest absolute Gasteiger partial charge is 0.309 e. The van der Waals surface area contributed by atoms with Crippen LogP contribution < -0.4 is 5.32 Å². The number of halogens is 1. The molecule has 1 amide bonds. The smallest absolute Gasteiger partial charge is 0.250 e.